The lowest BCUT2D eigenvalue weighted by molar-refractivity contribution is 0.469. The molecule has 0 fully saturated rings. The van der Waals surface area contributed by atoms with E-state index in [1.165, 1.54) is 23.2 Å². The molecule has 0 bridgehead atoms. The van der Waals surface area contributed by atoms with Crippen LogP contribution in [0.2, 0.25) is 0 Å². The topological polar surface area (TPSA) is 32.3 Å². The van der Waals surface area contributed by atoms with Crippen LogP contribution in [0.25, 0.3) is 0 Å². The summed E-state index contributed by atoms with van der Waals surface area (Å²) in [6.45, 7) is 5.69. The summed E-state index contributed by atoms with van der Waals surface area (Å²) in [6.07, 6.45) is 2.08. The van der Waals surface area contributed by atoms with E-state index >= 15 is 0 Å². The van der Waals surface area contributed by atoms with Crippen molar-refractivity contribution in [2.75, 3.05) is 11.9 Å². The first-order valence-electron chi connectivity index (χ1n) is 7.78. The van der Waals surface area contributed by atoms with Gasteiger partial charge in [-0.3, -0.25) is 0 Å². The van der Waals surface area contributed by atoms with Gasteiger partial charge in [-0.25, -0.2) is 0 Å². The molecule has 2 aromatic rings. The second kappa shape index (κ2) is 5.80. The van der Waals surface area contributed by atoms with Gasteiger partial charge in [-0.2, -0.15) is 0 Å². The van der Waals surface area contributed by atoms with Gasteiger partial charge in [0.15, 0.2) is 0 Å². The van der Waals surface area contributed by atoms with Gasteiger partial charge in [0.2, 0.25) is 0 Å². The minimum Gasteiger partial charge on any atom is -0.508 e. The van der Waals surface area contributed by atoms with Crippen molar-refractivity contribution in [2.24, 2.45) is 5.92 Å². The average Bonchev–Trinajstić information content (AvgIpc) is 2.46. The van der Waals surface area contributed by atoms with Crippen molar-refractivity contribution in [1.82, 2.24) is 0 Å². The zero-order valence-corrected chi connectivity index (χ0v) is 12.8. The van der Waals surface area contributed by atoms with E-state index in [1.807, 2.05) is 12.1 Å². The molecule has 1 unspecified atom stereocenters. The summed E-state index contributed by atoms with van der Waals surface area (Å²) in [5, 5.41) is 13.1. The Bertz CT molecular complexity index is 633. The van der Waals surface area contributed by atoms with Crippen molar-refractivity contribution in [3.63, 3.8) is 0 Å². The highest BCUT2D eigenvalue weighted by atomic mass is 16.3. The Balaban J connectivity index is 1.89. The van der Waals surface area contributed by atoms with Gasteiger partial charge in [0.1, 0.15) is 5.75 Å². The molecular formula is C19H23NO. The minimum absolute atomic E-state index is 0.340. The first kappa shape index (κ1) is 14.0. The molecule has 0 aliphatic carbocycles. The average molecular weight is 281 g/mol. The van der Waals surface area contributed by atoms with Gasteiger partial charge in [0.05, 0.1) is 0 Å². The molecule has 1 atom stereocenters. The maximum Gasteiger partial charge on any atom is 0.115 e. The van der Waals surface area contributed by atoms with E-state index in [0.717, 1.165) is 18.5 Å². The molecule has 2 aromatic carbocycles. The van der Waals surface area contributed by atoms with Crippen LogP contribution in [-0.4, -0.2) is 11.7 Å². The molecular weight excluding hydrogens is 258 g/mol. The van der Waals surface area contributed by atoms with E-state index in [2.05, 4.69) is 43.4 Å². The number of benzene rings is 2. The first-order valence-corrected chi connectivity index (χ1v) is 7.78. The zero-order valence-electron chi connectivity index (χ0n) is 12.8. The van der Waals surface area contributed by atoms with Crippen molar-refractivity contribution < 1.29 is 5.11 Å². The summed E-state index contributed by atoms with van der Waals surface area (Å²) < 4.78 is 0. The quantitative estimate of drug-likeness (QED) is 0.865. The largest absolute Gasteiger partial charge is 0.508 e. The number of aromatic hydroxyl groups is 1. The summed E-state index contributed by atoms with van der Waals surface area (Å²) >= 11 is 0. The van der Waals surface area contributed by atoms with Crippen LogP contribution in [0.3, 0.4) is 0 Å². The summed E-state index contributed by atoms with van der Waals surface area (Å²) in [5.41, 5.74) is 5.21. The van der Waals surface area contributed by atoms with Crippen molar-refractivity contribution in [1.29, 1.82) is 0 Å². The molecule has 110 valence electrons. The number of phenolic OH excluding ortho intramolecular Hbond substituents is 1. The SMILES string of the molecule is CC(C)C1CCNc2ccc(Cc3cccc(O)c3)cc21. The molecule has 3 rings (SSSR count). The number of rotatable bonds is 3. The Morgan fingerprint density at radius 2 is 1.95 bits per heavy atom. The molecule has 21 heavy (non-hydrogen) atoms. The Labute approximate surface area is 126 Å². The Morgan fingerprint density at radius 3 is 2.71 bits per heavy atom. The smallest absolute Gasteiger partial charge is 0.115 e. The third kappa shape index (κ3) is 3.05. The standard InChI is InChI=1S/C19H23NO/c1-13(2)17-8-9-20-19-7-6-15(12-18(17)19)10-14-4-3-5-16(21)11-14/h3-7,11-13,17,20-21H,8-10H2,1-2H3. The first-order chi connectivity index (χ1) is 10.1. The molecule has 0 spiro atoms. The number of phenols is 1. The lowest BCUT2D eigenvalue weighted by atomic mass is 9.81. The molecule has 1 heterocycles. The van der Waals surface area contributed by atoms with Crippen LogP contribution in [0, 0.1) is 5.92 Å². The molecule has 0 amide bonds. The molecule has 2 nitrogen and oxygen atoms in total. The molecule has 0 aromatic heterocycles. The monoisotopic (exact) mass is 281 g/mol. The lowest BCUT2D eigenvalue weighted by Gasteiger charge is -2.30. The summed E-state index contributed by atoms with van der Waals surface area (Å²) in [5.74, 6) is 1.65. The van der Waals surface area contributed by atoms with Gasteiger partial charge in [-0.05, 0) is 59.6 Å². The molecule has 1 aliphatic heterocycles. The van der Waals surface area contributed by atoms with Crippen LogP contribution in [0.5, 0.6) is 5.75 Å². The number of hydrogen-bond acceptors (Lipinski definition) is 2. The lowest BCUT2D eigenvalue weighted by Crippen LogP contribution is -2.20. The van der Waals surface area contributed by atoms with E-state index in [4.69, 9.17) is 0 Å². The van der Waals surface area contributed by atoms with Crippen LogP contribution < -0.4 is 5.32 Å². The fourth-order valence-electron chi connectivity index (χ4n) is 3.30. The predicted octanol–water partition coefficient (Wildman–Crippen LogP) is 4.54. The number of anilines is 1. The van der Waals surface area contributed by atoms with Crippen molar-refractivity contribution >= 4 is 5.69 Å². The van der Waals surface area contributed by atoms with Crippen molar-refractivity contribution in [2.45, 2.75) is 32.6 Å². The van der Waals surface area contributed by atoms with Crippen LogP contribution in [0.1, 0.15) is 42.9 Å². The maximum absolute atomic E-state index is 9.59. The fraction of sp³-hybridized carbons (Fsp3) is 0.368. The number of nitrogens with one attached hydrogen (secondary N) is 1. The van der Waals surface area contributed by atoms with Gasteiger partial charge >= 0.3 is 0 Å². The van der Waals surface area contributed by atoms with Crippen LogP contribution >= 0.6 is 0 Å². The normalized spacial score (nSPS) is 17.4. The molecule has 0 saturated heterocycles. The van der Waals surface area contributed by atoms with Crippen LogP contribution in [-0.2, 0) is 6.42 Å². The Hall–Kier alpha value is -1.96. The Kier molecular flexibility index (Phi) is 3.87. The molecule has 0 saturated carbocycles. The van der Waals surface area contributed by atoms with Crippen LogP contribution in [0.15, 0.2) is 42.5 Å². The van der Waals surface area contributed by atoms with E-state index in [1.54, 1.807) is 6.07 Å². The van der Waals surface area contributed by atoms with Crippen molar-refractivity contribution in [3.05, 3.63) is 59.2 Å². The number of hydrogen-bond donors (Lipinski definition) is 2. The van der Waals surface area contributed by atoms with Gasteiger partial charge < -0.3 is 10.4 Å². The highest BCUT2D eigenvalue weighted by Gasteiger charge is 2.22. The summed E-state index contributed by atoms with van der Waals surface area (Å²) in [4.78, 5) is 0. The minimum atomic E-state index is 0.340. The second-order valence-corrected chi connectivity index (χ2v) is 6.33. The van der Waals surface area contributed by atoms with E-state index in [0.29, 0.717) is 17.6 Å². The highest BCUT2D eigenvalue weighted by molar-refractivity contribution is 5.56. The molecule has 2 N–H and O–H groups in total. The molecule has 1 aliphatic rings. The van der Waals surface area contributed by atoms with Crippen LogP contribution in [0.4, 0.5) is 5.69 Å². The highest BCUT2D eigenvalue weighted by Crippen LogP contribution is 2.37. The second-order valence-electron chi connectivity index (χ2n) is 6.33. The van der Waals surface area contributed by atoms with Gasteiger partial charge in [-0.1, -0.05) is 38.1 Å². The van der Waals surface area contributed by atoms with E-state index < -0.39 is 0 Å². The van der Waals surface area contributed by atoms with E-state index in [9.17, 15) is 5.11 Å². The summed E-state index contributed by atoms with van der Waals surface area (Å²) in [6, 6.07) is 14.3. The van der Waals surface area contributed by atoms with Gasteiger partial charge in [0, 0.05) is 12.2 Å². The van der Waals surface area contributed by atoms with E-state index in [-0.39, 0.29) is 0 Å². The number of fused-ring (bicyclic) bond motifs is 1. The maximum atomic E-state index is 9.59. The van der Waals surface area contributed by atoms with Gasteiger partial charge in [-0.15, -0.1) is 0 Å². The van der Waals surface area contributed by atoms with Gasteiger partial charge in [0.25, 0.3) is 0 Å². The fourth-order valence-corrected chi connectivity index (χ4v) is 3.30. The third-order valence-corrected chi connectivity index (χ3v) is 4.41. The molecule has 2 heteroatoms. The zero-order chi connectivity index (χ0) is 14.8. The van der Waals surface area contributed by atoms with Crippen molar-refractivity contribution in [3.8, 4) is 5.75 Å². The third-order valence-electron chi connectivity index (χ3n) is 4.41. The molecule has 0 radical (unpaired) electrons. The summed E-state index contributed by atoms with van der Waals surface area (Å²) in [7, 11) is 0. The Morgan fingerprint density at radius 1 is 1.14 bits per heavy atom. The predicted molar refractivity (Wildman–Crippen MR) is 88.0 cm³/mol.